The first kappa shape index (κ1) is 28.7. The van der Waals surface area contributed by atoms with E-state index in [4.69, 9.17) is 9.40 Å². The standard InChI is InChI=1S/C30H34N8O4/c1-6-14-37-28(40)20-12-13-24(34-26(20)38(37)18(2)3)33-25-15-22(32-23(17-39)19-10-8-7-9-11-19)21(16-31-25)27-35-36-29(42-27)30(4,5)41/h6-13,15-16,18,23,39,41H,1,14,17H2,2-5H3,(H2,31,32,33,34)/t23-/m1/s1. The molecule has 1 atom stereocenters. The minimum atomic E-state index is -1.32. The number of nitrogens with zero attached hydrogens (tertiary/aromatic N) is 6. The second-order valence-electron chi connectivity index (χ2n) is 10.7. The van der Waals surface area contributed by atoms with Crippen molar-refractivity contribution >= 4 is 28.4 Å². The molecule has 4 heterocycles. The highest BCUT2D eigenvalue weighted by molar-refractivity contribution is 5.79. The molecular weight excluding hydrogens is 536 g/mol. The second kappa shape index (κ2) is 11.6. The van der Waals surface area contributed by atoms with Gasteiger partial charge in [0.2, 0.25) is 5.89 Å². The zero-order valence-electron chi connectivity index (χ0n) is 23.9. The van der Waals surface area contributed by atoms with E-state index in [0.717, 1.165) is 5.56 Å². The Morgan fingerprint density at radius 1 is 1.12 bits per heavy atom. The zero-order valence-corrected chi connectivity index (χ0v) is 23.9. The molecule has 218 valence electrons. The van der Waals surface area contributed by atoms with Crippen molar-refractivity contribution in [2.75, 3.05) is 17.2 Å². The summed E-state index contributed by atoms with van der Waals surface area (Å²) < 4.78 is 9.26. The molecule has 12 nitrogen and oxygen atoms in total. The van der Waals surface area contributed by atoms with Crippen LogP contribution in [0.5, 0.6) is 0 Å². The maximum Gasteiger partial charge on any atom is 0.276 e. The van der Waals surface area contributed by atoms with E-state index in [1.165, 1.54) is 0 Å². The number of hydrogen-bond acceptors (Lipinski definition) is 10. The van der Waals surface area contributed by atoms with E-state index in [9.17, 15) is 15.0 Å². The van der Waals surface area contributed by atoms with E-state index in [1.54, 1.807) is 49.0 Å². The van der Waals surface area contributed by atoms with Gasteiger partial charge in [-0.15, -0.1) is 16.8 Å². The Morgan fingerprint density at radius 3 is 2.52 bits per heavy atom. The fraction of sp³-hybridized carbons (Fsp3) is 0.300. The summed E-state index contributed by atoms with van der Waals surface area (Å²) in [5.41, 5.74) is 1.01. The monoisotopic (exact) mass is 570 g/mol. The molecule has 0 saturated heterocycles. The van der Waals surface area contributed by atoms with E-state index < -0.39 is 11.6 Å². The Bertz CT molecular complexity index is 1770. The van der Waals surface area contributed by atoms with Crippen molar-refractivity contribution in [3.05, 3.63) is 89.2 Å². The summed E-state index contributed by atoms with van der Waals surface area (Å²) in [6.07, 6.45) is 3.25. The van der Waals surface area contributed by atoms with Crippen molar-refractivity contribution in [1.29, 1.82) is 0 Å². The van der Waals surface area contributed by atoms with Crippen LogP contribution in [0.2, 0.25) is 0 Å². The molecule has 0 unspecified atom stereocenters. The normalized spacial score (nSPS) is 12.5. The fourth-order valence-corrected chi connectivity index (χ4v) is 4.66. The number of pyridine rings is 2. The number of rotatable bonds is 11. The number of hydrogen-bond donors (Lipinski definition) is 4. The second-order valence-corrected chi connectivity index (χ2v) is 10.7. The summed E-state index contributed by atoms with van der Waals surface area (Å²) in [7, 11) is 0. The molecule has 0 aliphatic heterocycles. The quantitative estimate of drug-likeness (QED) is 0.166. The third-order valence-electron chi connectivity index (χ3n) is 6.66. The highest BCUT2D eigenvalue weighted by atomic mass is 16.4. The third-order valence-corrected chi connectivity index (χ3v) is 6.66. The van der Waals surface area contributed by atoms with Crippen molar-refractivity contribution in [1.82, 2.24) is 29.5 Å². The van der Waals surface area contributed by atoms with Gasteiger partial charge in [-0.3, -0.25) is 9.48 Å². The molecule has 0 spiro atoms. The highest BCUT2D eigenvalue weighted by Gasteiger charge is 2.26. The van der Waals surface area contributed by atoms with Crippen molar-refractivity contribution in [2.45, 2.75) is 51.9 Å². The third kappa shape index (κ3) is 5.67. The molecule has 0 radical (unpaired) electrons. The molecule has 4 aromatic heterocycles. The molecule has 42 heavy (non-hydrogen) atoms. The van der Waals surface area contributed by atoms with Gasteiger partial charge in [0, 0.05) is 18.3 Å². The number of aliphatic hydroxyl groups is 2. The summed E-state index contributed by atoms with van der Waals surface area (Å²) in [6.45, 7) is 11.1. The van der Waals surface area contributed by atoms with Gasteiger partial charge in [-0.1, -0.05) is 36.4 Å². The van der Waals surface area contributed by atoms with Crippen LogP contribution in [-0.4, -0.2) is 46.3 Å². The molecule has 0 fully saturated rings. The van der Waals surface area contributed by atoms with E-state index in [0.29, 0.717) is 40.5 Å². The van der Waals surface area contributed by atoms with Crippen LogP contribution in [0, 0.1) is 0 Å². The molecule has 5 rings (SSSR count). The van der Waals surface area contributed by atoms with Crippen LogP contribution in [0.25, 0.3) is 22.5 Å². The lowest BCUT2D eigenvalue weighted by Crippen LogP contribution is -2.23. The van der Waals surface area contributed by atoms with Crippen molar-refractivity contribution in [3.8, 4) is 11.5 Å². The molecule has 1 aromatic carbocycles. The molecule has 0 saturated carbocycles. The van der Waals surface area contributed by atoms with Crippen LogP contribution < -0.4 is 16.2 Å². The van der Waals surface area contributed by atoms with Gasteiger partial charge in [0.1, 0.15) is 17.2 Å². The van der Waals surface area contributed by atoms with E-state index >= 15 is 0 Å². The van der Waals surface area contributed by atoms with Gasteiger partial charge < -0.3 is 25.3 Å². The van der Waals surface area contributed by atoms with E-state index in [2.05, 4.69) is 32.4 Å². The first-order chi connectivity index (χ1) is 20.1. The Labute approximate surface area is 242 Å². The molecule has 0 amide bonds. The average Bonchev–Trinajstić information content (AvgIpc) is 3.56. The molecule has 12 heteroatoms. The fourth-order valence-electron chi connectivity index (χ4n) is 4.66. The van der Waals surface area contributed by atoms with Crippen molar-refractivity contribution in [3.63, 3.8) is 0 Å². The van der Waals surface area contributed by atoms with Gasteiger partial charge in [0.25, 0.3) is 11.4 Å². The molecule has 0 bridgehead atoms. The Morgan fingerprint density at radius 2 is 1.88 bits per heavy atom. The van der Waals surface area contributed by atoms with Crippen LogP contribution in [0.3, 0.4) is 0 Å². The predicted octanol–water partition coefficient (Wildman–Crippen LogP) is 4.53. The maximum atomic E-state index is 13.0. The van der Waals surface area contributed by atoms with Crippen molar-refractivity contribution < 1.29 is 14.6 Å². The average molecular weight is 571 g/mol. The Kier molecular flexibility index (Phi) is 7.92. The smallest absolute Gasteiger partial charge is 0.276 e. The summed E-state index contributed by atoms with van der Waals surface area (Å²) in [6, 6.07) is 14.3. The van der Waals surface area contributed by atoms with E-state index in [1.807, 2.05) is 48.9 Å². The number of allylic oxidation sites excluding steroid dienone is 1. The van der Waals surface area contributed by atoms with Crippen LogP contribution in [0.4, 0.5) is 17.3 Å². The molecular formula is C30H34N8O4. The Hall–Kier alpha value is -4.81. The number of anilines is 3. The van der Waals surface area contributed by atoms with Crippen LogP contribution in [0.15, 0.2) is 76.6 Å². The largest absolute Gasteiger partial charge is 0.417 e. The first-order valence-corrected chi connectivity index (χ1v) is 13.6. The van der Waals surface area contributed by atoms with Crippen molar-refractivity contribution in [2.24, 2.45) is 0 Å². The van der Waals surface area contributed by atoms with Gasteiger partial charge in [0.15, 0.2) is 5.65 Å². The van der Waals surface area contributed by atoms with Gasteiger partial charge in [-0.2, -0.15) is 0 Å². The van der Waals surface area contributed by atoms with Gasteiger partial charge in [-0.25, -0.2) is 14.6 Å². The minimum absolute atomic E-state index is 0.0114. The number of benzene rings is 1. The zero-order chi connectivity index (χ0) is 30.0. The summed E-state index contributed by atoms with van der Waals surface area (Å²) in [4.78, 5) is 22.3. The van der Waals surface area contributed by atoms with Crippen LogP contribution >= 0.6 is 0 Å². The van der Waals surface area contributed by atoms with Crippen LogP contribution in [-0.2, 0) is 12.1 Å². The number of aromatic nitrogens is 6. The van der Waals surface area contributed by atoms with Gasteiger partial charge >= 0.3 is 0 Å². The highest BCUT2D eigenvalue weighted by Crippen LogP contribution is 2.33. The summed E-state index contributed by atoms with van der Waals surface area (Å²) in [5, 5.41) is 35.8. The topological polar surface area (TPSA) is 156 Å². The molecule has 4 N–H and O–H groups in total. The van der Waals surface area contributed by atoms with E-state index in [-0.39, 0.29) is 30.0 Å². The molecule has 0 aliphatic rings. The molecule has 0 aliphatic carbocycles. The van der Waals surface area contributed by atoms with Gasteiger partial charge in [0.05, 0.1) is 35.8 Å². The number of fused-ring (bicyclic) bond motifs is 1. The number of nitrogens with one attached hydrogen (secondary N) is 2. The minimum Gasteiger partial charge on any atom is -0.417 e. The summed E-state index contributed by atoms with van der Waals surface area (Å²) >= 11 is 0. The SMILES string of the molecule is C=CCn1c(=O)c2ccc(Nc3cc(N[C@H](CO)c4ccccc4)c(-c4nnc(C(C)(C)O)o4)cn3)nc2n1C(C)C. The maximum absolute atomic E-state index is 13.0. The number of aliphatic hydroxyl groups excluding tert-OH is 1. The van der Waals surface area contributed by atoms with Gasteiger partial charge in [-0.05, 0) is 45.4 Å². The lowest BCUT2D eigenvalue weighted by Gasteiger charge is -2.20. The first-order valence-electron chi connectivity index (χ1n) is 13.6. The van der Waals surface area contributed by atoms with Crippen LogP contribution in [0.1, 0.15) is 51.2 Å². The lowest BCUT2D eigenvalue weighted by atomic mass is 10.1. The lowest BCUT2D eigenvalue weighted by molar-refractivity contribution is 0.0488. The summed E-state index contributed by atoms with van der Waals surface area (Å²) in [5.74, 6) is 1.15. The predicted molar refractivity (Wildman–Crippen MR) is 161 cm³/mol. The Balaban J connectivity index is 1.55. The molecule has 5 aromatic rings.